The van der Waals surface area contributed by atoms with Crippen LogP contribution in [0.2, 0.25) is 5.02 Å². The van der Waals surface area contributed by atoms with Crippen LogP contribution in [0.25, 0.3) is 0 Å². The van der Waals surface area contributed by atoms with Gasteiger partial charge in [-0.3, -0.25) is 4.79 Å². The van der Waals surface area contributed by atoms with Crippen LogP contribution in [0.3, 0.4) is 0 Å². The van der Waals surface area contributed by atoms with E-state index in [9.17, 15) is 17.6 Å². The number of amides is 1. The molecule has 0 radical (unpaired) electrons. The highest BCUT2D eigenvalue weighted by Gasteiger charge is 2.17. The first-order valence-electron chi connectivity index (χ1n) is 6.55. The Morgan fingerprint density at radius 3 is 2.48 bits per heavy atom. The Hall–Kier alpha value is -1.96. The third-order valence-electron chi connectivity index (χ3n) is 3.18. The van der Waals surface area contributed by atoms with Crippen LogP contribution in [0.5, 0.6) is 0 Å². The number of nitrogens with one attached hydrogen (secondary N) is 2. The van der Waals surface area contributed by atoms with Gasteiger partial charge in [-0.25, -0.2) is 17.5 Å². The molecule has 0 saturated carbocycles. The van der Waals surface area contributed by atoms with Gasteiger partial charge in [0.05, 0.1) is 15.5 Å². The van der Waals surface area contributed by atoms with Gasteiger partial charge in [0.2, 0.25) is 10.0 Å². The second-order valence-electron chi connectivity index (χ2n) is 4.77. The molecule has 0 unspecified atom stereocenters. The molecule has 0 fully saturated rings. The lowest BCUT2D eigenvalue weighted by atomic mass is 10.2. The summed E-state index contributed by atoms with van der Waals surface area (Å²) in [5.74, 6) is -1.11. The highest BCUT2D eigenvalue weighted by molar-refractivity contribution is 7.89. The molecule has 5 nitrogen and oxygen atoms in total. The first kappa shape index (κ1) is 17.4. The number of hydrogen-bond acceptors (Lipinski definition) is 3. The number of rotatable bonds is 4. The third kappa shape index (κ3) is 3.87. The summed E-state index contributed by atoms with van der Waals surface area (Å²) in [5.41, 5.74) is 0.915. The molecule has 0 aliphatic heterocycles. The van der Waals surface area contributed by atoms with E-state index in [2.05, 4.69) is 10.0 Å². The summed E-state index contributed by atoms with van der Waals surface area (Å²) < 4.78 is 39.1. The average Bonchev–Trinajstić information content (AvgIpc) is 2.48. The summed E-state index contributed by atoms with van der Waals surface area (Å²) >= 11 is 5.84. The number of carbonyl (C=O) groups is 1. The molecule has 8 heteroatoms. The van der Waals surface area contributed by atoms with E-state index in [0.29, 0.717) is 5.56 Å². The minimum Gasteiger partial charge on any atom is -0.322 e. The summed E-state index contributed by atoms with van der Waals surface area (Å²) in [5, 5.41) is 2.51. The highest BCUT2D eigenvalue weighted by atomic mass is 35.5. The van der Waals surface area contributed by atoms with Crippen LogP contribution in [-0.4, -0.2) is 21.4 Å². The quantitative estimate of drug-likeness (QED) is 0.884. The van der Waals surface area contributed by atoms with Crippen LogP contribution < -0.4 is 10.0 Å². The lowest BCUT2D eigenvalue weighted by molar-refractivity contribution is 0.102. The fourth-order valence-electron chi connectivity index (χ4n) is 1.95. The molecule has 2 aromatic rings. The molecule has 122 valence electrons. The molecule has 0 atom stereocenters. The van der Waals surface area contributed by atoms with Crippen molar-refractivity contribution in [1.82, 2.24) is 4.72 Å². The number of hydrogen-bond donors (Lipinski definition) is 2. The standard InChI is InChI=1S/C15H14ClFN2O3S/c1-9-3-5-11(8-14(9)23(21,22)18-2)19-15(20)12-6-4-10(17)7-13(12)16/h3-8,18H,1-2H3,(H,19,20). The lowest BCUT2D eigenvalue weighted by Crippen LogP contribution is -2.20. The zero-order valence-electron chi connectivity index (χ0n) is 12.4. The summed E-state index contributed by atoms with van der Waals surface area (Å²) in [6.45, 7) is 1.65. The van der Waals surface area contributed by atoms with Crippen molar-refractivity contribution in [3.63, 3.8) is 0 Å². The van der Waals surface area contributed by atoms with Gasteiger partial charge >= 0.3 is 0 Å². The second-order valence-corrected chi connectivity index (χ2v) is 7.03. The smallest absolute Gasteiger partial charge is 0.257 e. The molecule has 0 aliphatic carbocycles. The van der Waals surface area contributed by atoms with Gasteiger partial charge in [-0.05, 0) is 49.9 Å². The van der Waals surface area contributed by atoms with Gasteiger partial charge in [0, 0.05) is 5.69 Å². The van der Waals surface area contributed by atoms with Gasteiger partial charge in [-0.2, -0.15) is 0 Å². The molecule has 2 aromatic carbocycles. The SMILES string of the molecule is CNS(=O)(=O)c1cc(NC(=O)c2ccc(F)cc2Cl)ccc1C. The van der Waals surface area contributed by atoms with Gasteiger partial charge in [0.15, 0.2) is 0 Å². The van der Waals surface area contributed by atoms with Gasteiger partial charge in [0.25, 0.3) is 5.91 Å². The van der Waals surface area contributed by atoms with E-state index < -0.39 is 21.7 Å². The summed E-state index contributed by atoms with van der Waals surface area (Å²) in [6.07, 6.45) is 0. The number of sulfonamides is 1. The predicted octanol–water partition coefficient (Wildman–Crippen LogP) is 2.95. The van der Waals surface area contributed by atoms with Crippen LogP contribution >= 0.6 is 11.6 Å². The minimum absolute atomic E-state index is 0.0299. The molecule has 0 aromatic heterocycles. The molecule has 2 N–H and O–H groups in total. The fourth-order valence-corrected chi connectivity index (χ4v) is 3.20. The molecule has 1 amide bonds. The second kappa shape index (κ2) is 6.66. The van der Waals surface area contributed by atoms with Gasteiger partial charge in [0.1, 0.15) is 5.82 Å². The van der Waals surface area contributed by atoms with E-state index in [0.717, 1.165) is 12.1 Å². The summed E-state index contributed by atoms with van der Waals surface area (Å²) in [7, 11) is -2.34. The van der Waals surface area contributed by atoms with Crippen LogP contribution in [0, 0.1) is 12.7 Å². The maximum absolute atomic E-state index is 13.0. The minimum atomic E-state index is -3.64. The monoisotopic (exact) mass is 356 g/mol. The maximum Gasteiger partial charge on any atom is 0.257 e. The van der Waals surface area contributed by atoms with E-state index in [4.69, 9.17) is 11.6 Å². The molecule has 23 heavy (non-hydrogen) atoms. The lowest BCUT2D eigenvalue weighted by Gasteiger charge is -2.11. The summed E-state index contributed by atoms with van der Waals surface area (Å²) in [4.78, 5) is 12.2. The predicted molar refractivity (Wildman–Crippen MR) is 86.8 cm³/mol. The van der Waals surface area contributed by atoms with Crippen LogP contribution in [-0.2, 0) is 10.0 Å². The number of carbonyl (C=O) groups excluding carboxylic acids is 1. The van der Waals surface area contributed by atoms with Gasteiger partial charge in [-0.15, -0.1) is 0 Å². The largest absolute Gasteiger partial charge is 0.322 e. The van der Waals surface area contributed by atoms with Crippen molar-refractivity contribution in [2.75, 3.05) is 12.4 Å². The first-order chi connectivity index (χ1) is 10.7. The zero-order chi connectivity index (χ0) is 17.2. The van der Waals surface area contributed by atoms with Crippen molar-refractivity contribution >= 4 is 33.2 Å². The Bertz CT molecular complexity index is 869. The van der Waals surface area contributed by atoms with Crippen LogP contribution in [0.1, 0.15) is 15.9 Å². The van der Waals surface area contributed by atoms with Crippen LogP contribution in [0.4, 0.5) is 10.1 Å². The summed E-state index contributed by atoms with van der Waals surface area (Å²) in [6, 6.07) is 7.89. The molecule has 0 aliphatic rings. The van der Waals surface area contributed by atoms with E-state index in [1.165, 1.54) is 19.2 Å². The topological polar surface area (TPSA) is 75.3 Å². The highest BCUT2D eigenvalue weighted by Crippen LogP contribution is 2.22. The molecular weight excluding hydrogens is 343 g/mol. The van der Waals surface area contributed by atoms with Gasteiger partial charge < -0.3 is 5.32 Å². The Morgan fingerprint density at radius 1 is 1.17 bits per heavy atom. The Balaban J connectivity index is 2.34. The molecule has 0 heterocycles. The van der Waals surface area contributed by atoms with E-state index in [1.807, 2.05) is 0 Å². The van der Waals surface area contributed by atoms with Gasteiger partial charge in [-0.1, -0.05) is 17.7 Å². The number of halogens is 2. The molecular formula is C15H14ClFN2O3S. The number of anilines is 1. The fraction of sp³-hybridized carbons (Fsp3) is 0.133. The van der Waals surface area contributed by atoms with Crippen molar-refractivity contribution in [1.29, 1.82) is 0 Å². The van der Waals surface area contributed by atoms with Crippen molar-refractivity contribution in [2.45, 2.75) is 11.8 Å². The number of benzene rings is 2. The first-order valence-corrected chi connectivity index (χ1v) is 8.41. The zero-order valence-corrected chi connectivity index (χ0v) is 13.9. The maximum atomic E-state index is 13.0. The van der Waals surface area contributed by atoms with Crippen molar-refractivity contribution in [3.05, 3.63) is 58.4 Å². The number of aryl methyl sites for hydroxylation is 1. The van der Waals surface area contributed by atoms with E-state index in [-0.39, 0.29) is 21.2 Å². The molecule has 0 spiro atoms. The third-order valence-corrected chi connectivity index (χ3v) is 5.05. The van der Waals surface area contributed by atoms with Crippen molar-refractivity contribution in [2.24, 2.45) is 0 Å². The Labute approximate surface area is 138 Å². The van der Waals surface area contributed by atoms with Crippen molar-refractivity contribution in [3.8, 4) is 0 Å². The average molecular weight is 357 g/mol. The van der Waals surface area contributed by atoms with Crippen LogP contribution in [0.15, 0.2) is 41.3 Å². The normalized spacial score (nSPS) is 11.3. The van der Waals surface area contributed by atoms with E-state index in [1.54, 1.807) is 19.1 Å². The molecule has 2 rings (SSSR count). The molecule has 0 bridgehead atoms. The Kier molecular flexibility index (Phi) is 5.03. The molecule has 0 saturated heterocycles. The van der Waals surface area contributed by atoms with E-state index >= 15 is 0 Å². The Morgan fingerprint density at radius 2 is 1.87 bits per heavy atom. The van der Waals surface area contributed by atoms with Crippen molar-refractivity contribution < 1.29 is 17.6 Å².